The molecule has 0 atom stereocenters. The molecule has 1 aromatic heterocycles. The Labute approximate surface area is 82.7 Å². The van der Waals surface area contributed by atoms with Crippen LogP contribution in [0.4, 0.5) is 5.69 Å². The van der Waals surface area contributed by atoms with Crippen molar-refractivity contribution in [3.05, 3.63) is 38.7 Å². The van der Waals surface area contributed by atoms with E-state index in [1.807, 2.05) is 11.4 Å². The van der Waals surface area contributed by atoms with Crippen molar-refractivity contribution in [2.75, 3.05) is 0 Å². The Morgan fingerprint density at radius 1 is 1.46 bits per heavy atom. The first kappa shape index (κ1) is 8.47. The Bertz CT molecular complexity index is 480. The van der Waals surface area contributed by atoms with Gasteiger partial charge in [0.2, 0.25) is 0 Å². The average Bonchev–Trinajstić information content (AvgIpc) is 2.48. The molecule has 0 aliphatic heterocycles. The van der Waals surface area contributed by atoms with E-state index in [2.05, 4.69) is 0 Å². The Morgan fingerprint density at radius 2 is 2.23 bits per heavy atom. The second-order valence-corrected chi connectivity index (χ2v) is 3.87. The lowest BCUT2D eigenvalue weighted by Gasteiger charge is -1.94. The van der Waals surface area contributed by atoms with Crippen LogP contribution in [0.1, 0.15) is 0 Å². The Kier molecular flexibility index (Phi) is 1.94. The molecule has 66 valence electrons. The smallest absolute Gasteiger partial charge is 0.258 e. The first-order chi connectivity index (χ1) is 6.18. The van der Waals surface area contributed by atoms with Crippen molar-refractivity contribution in [3.8, 4) is 0 Å². The zero-order valence-electron chi connectivity index (χ0n) is 6.36. The molecule has 1 aromatic carbocycles. The number of halogens is 1. The largest absolute Gasteiger partial charge is 0.289 e. The molecule has 3 nitrogen and oxygen atoms in total. The number of fused-ring (bicyclic) bond motifs is 1. The van der Waals surface area contributed by atoms with Crippen LogP contribution in [0.15, 0.2) is 23.6 Å². The standard InChI is InChI=1S/C8H4ClNO2S/c9-6-3-5-1-2-13-8(5)4-7(6)10(11)12/h1-4H. The molecule has 0 aliphatic rings. The number of thiophene rings is 1. The minimum atomic E-state index is -0.471. The molecule has 0 unspecified atom stereocenters. The fourth-order valence-electron chi connectivity index (χ4n) is 1.11. The molecule has 0 N–H and O–H groups in total. The molecule has 0 spiro atoms. The van der Waals surface area contributed by atoms with Gasteiger partial charge in [-0.1, -0.05) is 11.6 Å². The van der Waals surface area contributed by atoms with Crippen LogP contribution in [0, 0.1) is 10.1 Å². The van der Waals surface area contributed by atoms with Crippen LogP contribution < -0.4 is 0 Å². The first-order valence-corrected chi connectivity index (χ1v) is 4.75. The van der Waals surface area contributed by atoms with Crippen molar-refractivity contribution in [1.82, 2.24) is 0 Å². The highest BCUT2D eigenvalue weighted by atomic mass is 35.5. The van der Waals surface area contributed by atoms with Gasteiger partial charge in [0.25, 0.3) is 5.69 Å². The molecule has 0 aliphatic carbocycles. The van der Waals surface area contributed by atoms with Crippen LogP contribution in [0.5, 0.6) is 0 Å². The SMILES string of the molecule is O=[N+]([O-])c1cc2sccc2cc1Cl. The molecule has 5 heteroatoms. The molecule has 2 aromatic rings. The summed E-state index contributed by atoms with van der Waals surface area (Å²) in [5, 5.41) is 13.5. The zero-order chi connectivity index (χ0) is 9.42. The number of rotatable bonds is 1. The van der Waals surface area contributed by atoms with E-state index in [1.54, 1.807) is 6.07 Å². The maximum Gasteiger partial charge on any atom is 0.289 e. The number of nitrogens with zero attached hydrogens (tertiary/aromatic N) is 1. The van der Waals surface area contributed by atoms with Crippen LogP contribution in [0.2, 0.25) is 5.02 Å². The van der Waals surface area contributed by atoms with Crippen LogP contribution >= 0.6 is 22.9 Å². The van der Waals surface area contributed by atoms with E-state index in [9.17, 15) is 10.1 Å². The fourth-order valence-corrected chi connectivity index (χ4v) is 2.16. The average molecular weight is 214 g/mol. The third-order valence-corrected chi connectivity index (χ3v) is 2.90. The Morgan fingerprint density at radius 3 is 2.92 bits per heavy atom. The molecular weight excluding hydrogens is 210 g/mol. The summed E-state index contributed by atoms with van der Waals surface area (Å²) in [4.78, 5) is 10.0. The van der Waals surface area contributed by atoms with E-state index in [-0.39, 0.29) is 10.7 Å². The topological polar surface area (TPSA) is 43.1 Å². The summed E-state index contributed by atoms with van der Waals surface area (Å²) in [6.45, 7) is 0. The summed E-state index contributed by atoms with van der Waals surface area (Å²) < 4.78 is 0.885. The van der Waals surface area contributed by atoms with Crippen molar-refractivity contribution < 1.29 is 4.92 Å². The Balaban J connectivity index is 2.76. The van der Waals surface area contributed by atoms with Gasteiger partial charge in [-0.2, -0.15) is 0 Å². The highest BCUT2D eigenvalue weighted by Crippen LogP contribution is 2.32. The second-order valence-electron chi connectivity index (χ2n) is 2.52. The van der Waals surface area contributed by atoms with Gasteiger partial charge in [0.1, 0.15) is 5.02 Å². The van der Waals surface area contributed by atoms with Crippen LogP contribution in [0.25, 0.3) is 10.1 Å². The molecule has 1 heterocycles. The molecule has 0 saturated carbocycles. The fraction of sp³-hybridized carbons (Fsp3) is 0. The van der Waals surface area contributed by atoms with Crippen LogP contribution in [-0.2, 0) is 0 Å². The van der Waals surface area contributed by atoms with E-state index >= 15 is 0 Å². The summed E-state index contributed by atoms with van der Waals surface area (Å²) in [7, 11) is 0. The molecule has 0 fully saturated rings. The van der Waals surface area contributed by atoms with Gasteiger partial charge in [-0.25, -0.2) is 0 Å². The van der Waals surface area contributed by atoms with E-state index in [0.29, 0.717) is 0 Å². The number of nitro benzene ring substituents is 1. The lowest BCUT2D eigenvalue weighted by Crippen LogP contribution is -1.87. The van der Waals surface area contributed by atoms with E-state index < -0.39 is 4.92 Å². The summed E-state index contributed by atoms with van der Waals surface area (Å²) >= 11 is 7.18. The summed E-state index contributed by atoms with van der Waals surface area (Å²) in [6, 6.07) is 5.00. The van der Waals surface area contributed by atoms with Gasteiger partial charge in [-0.15, -0.1) is 11.3 Å². The number of hydrogen-bond acceptors (Lipinski definition) is 3. The highest BCUT2D eigenvalue weighted by molar-refractivity contribution is 7.17. The van der Waals surface area contributed by atoms with Crippen molar-refractivity contribution >= 4 is 38.7 Å². The molecule has 2 rings (SSSR count). The highest BCUT2D eigenvalue weighted by Gasteiger charge is 2.13. The predicted octanol–water partition coefficient (Wildman–Crippen LogP) is 3.46. The van der Waals surface area contributed by atoms with Crippen molar-refractivity contribution in [1.29, 1.82) is 0 Å². The van der Waals surface area contributed by atoms with E-state index in [1.165, 1.54) is 17.4 Å². The monoisotopic (exact) mass is 213 g/mol. The van der Waals surface area contributed by atoms with E-state index in [0.717, 1.165) is 10.1 Å². The van der Waals surface area contributed by atoms with Gasteiger partial charge in [0, 0.05) is 10.8 Å². The number of nitro groups is 1. The summed E-state index contributed by atoms with van der Waals surface area (Å²) in [5.74, 6) is 0. The predicted molar refractivity (Wildman–Crippen MR) is 53.5 cm³/mol. The van der Waals surface area contributed by atoms with Gasteiger partial charge in [0.05, 0.1) is 4.92 Å². The molecular formula is C8H4ClNO2S. The van der Waals surface area contributed by atoms with Gasteiger partial charge in [-0.05, 0) is 22.9 Å². The minimum Gasteiger partial charge on any atom is -0.258 e. The summed E-state index contributed by atoms with van der Waals surface area (Å²) in [6.07, 6.45) is 0. The maximum atomic E-state index is 10.5. The summed E-state index contributed by atoms with van der Waals surface area (Å²) in [5.41, 5.74) is -0.0309. The molecule has 13 heavy (non-hydrogen) atoms. The van der Waals surface area contributed by atoms with Gasteiger partial charge < -0.3 is 0 Å². The third-order valence-electron chi connectivity index (χ3n) is 1.72. The van der Waals surface area contributed by atoms with E-state index in [4.69, 9.17) is 11.6 Å². The zero-order valence-corrected chi connectivity index (χ0v) is 7.93. The quantitative estimate of drug-likeness (QED) is 0.538. The van der Waals surface area contributed by atoms with Gasteiger partial charge >= 0.3 is 0 Å². The third kappa shape index (κ3) is 1.38. The molecule has 0 amide bonds. The van der Waals surface area contributed by atoms with Gasteiger partial charge in [-0.3, -0.25) is 10.1 Å². The molecule has 0 bridgehead atoms. The normalized spacial score (nSPS) is 10.5. The second kappa shape index (κ2) is 2.97. The Hall–Kier alpha value is -1.13. The van der Waals surface area contributed by atoms with Crippen LogP contribution in [0.3, 0.4) is 0 Å². The maximum absolute atomic E-state index is 10.5. The van der Waals surface area contributed by atoms with Crippen molar-refractivity contribution in [3.63, 3.8) is 0 Å². The number of hydrogen-bond donors (Lipinski definition) is 0. The lowest BCUT2D eigenvalue weighted by molar-refractivity contribution is -0.384. The van der Waals surface area contributed by atoms with Crippen molar-refractivity contribution in [2.45, 2.75) is 0 Å². The first-order valence-electron chi connectivity index (χ1n) is 3.49. The molecule has 0 radical (unpaired) electrons. The number of benzene rings is 1. The minimum absolute atomic E-state index is 0.0309. The van der Waals surface area contributed by atoms with Crippen LogP contribution in [-0.4, -0.2) is 4.92 Å². The molecule has 0 saturated heterocycles. The lowest BCUT2D eigenvalue weighted by atomic mass is 10.2. The van der Waals surface area contributed by atoms with Crippen molar-refractivity contribution in [2.24, 2.45) is 0 Å². The van der Waals surface area contributed by atoms with Gasteiger partial charge in [0.15, 0.2) is 0 Å².